The quantitative estimate of drug-likeness (QED) is 0.226. The molecule has 0 N–H and O–H groups in total. The molecule has 0 fully saturated rings. The van der Waals surface area contributed by atoms with E-state index < -0.39 is 0 Å². The Morgan fingerprint density at radius 1 is 1.00 bits per heavy atom. The van der Waals surface area contributed by atoms with Gasteiger partial charge in [0.2, 0.25) is 11.7 Å². The molecule has 6 rings (SSSR count). The highest BCUT2D eigenvalue weighted by molar-refractivity contribution is 9.10. The molecule has 1 aliphatic heterocycles. The molecule has 0 unspecified atom stereocenters. The lowest BCUT2D eigenvalue weighted by molar-refractivity contribution is 0.0710. The molecule has 0 bridgehead atoms. The number of hydrogen-bond donors (Lipinski definition) is 0. The SMILES string of the molecule is COc1ccc(-n2c(-c3ncc(C(=O)c4ccccc4)o3)c3n(c2=O)CCN(C(=O)c2ccc(Br)c(Cl)c2)C3)cc1. The van der Waals surface area contributed by atoms with Crippen LogP contribution in [0.25, 0.3) is 17.3 Å². The minimum Gasteiger partial charge on any atom is -0.497 e. The van der Waals surface area contributed by atoms with E-state index in [0.717, 1.165) is 0 Å². The molecule has 2 aromatic heterocycles. The van der Waals surface area contributed by atoms with E-state index in [2.05, 4.69) is 20.9 Å². The molecule has 11 heteroatoms. The van der Waals surface area contributed by atoms with Gasteiger partial charge in [-0.2, -0.15) is 0 Å². The number of halogens is 2. The third-order valence-electron chi connectivity index (χ3n) is 6.93. The zero-order valence-electron chi connectivity index (χ0n) is 21.7. The van der Waals surface area contributed by atoms with Gasteiger partial charge in [-0.3, -0.25) is 18.7 Å². The van der Waals surface area contributed by atoms with Crippen molar-refractivity contribution >= 4 is 39.2 Å². The van der Waals surface area contributed by atoms with Gasteiger partial charge in [0.05, 0.1) is 36.3 Å². The number of hydrogen-bond acceptors (Lipinski definition) is 6. The normalized spacial score (nSPS) is 12.7. The van der Waals surface area contributed by atoms with Gasteiger partial charge in [0, 0.05) is 28.7 Å². The Balaban J connectivity index is 1.45. The second kappa shape index (κ2) is 10.9. The number of aromatic nitrogens is 3. The van der Waals surface area contributed by atoms with Gasteiger partial charge in [-0.1, -0.05) is 41.9 Å². The summed E-state index contributed by atoms with van der Waals surface area (Å²) in [6, 6.07) is 20.7. The van der Waals surface area contributed by atoms with E-state index >= 15 is 0 Å². The van der Waals surface area contributed by atoms with Crippen LogP contribution in [0.4, 0.5) is 0 Å². The molecule has 1 amide bonds. The Labute approximate surface area is 247 Å². The van der Waals surface area contributed by atoms with Crippen molar-refractivity contribution in [1.29, 1.82) is 0 Å². The predicted octanol–water partition coefficient (Wildman–Crippen LogP) is 5.61. The van der Waals surface area contributed by atoms with Crippen molar-refractivity contribution in [1.82, 2.24) is 19.0 Å². The number of rotatable bonds is 6. The van der Waals surface area contributed by atoms with Crippen molar-refractivity contribution in [2.45, 2.75) is 13.1 Å². The summed E-state index contributed by atoms with van der Waals surface area (Å²) in [6.45, 7) is 0.691. The number of methoxy groups -OCH3 is 1. The maximum absolute atomic E-state index is 13.8. The molecule has 3 aromatic carbocycles. The summed E-state index contributed by atoms with van der Waals surface area (Å²) in [5, 5.41) is 0.423. The van der Waals surface area contributed by atoms with Crippen LogP contribution in [0.3, 0.4) is 0 Å². The van der Waals surface area contributed by atoms with E-state index in [-0.39, 0.29) is 42.1 Å². The molecule has 0 spiro atoms. The summed E-state index contributed by atoms with van der Waals surface area (Å²) < 4.78 is 15.1. The number of imidazole rings is 1. The smallest absolute Gasteiger partial charge is 0.333 e. The molecule has 206 valence electrons. The number of oxazole rings is 1. The zero-order valence-corrected chi connectivity index (χ0v) is 24.1. The molecule has 0 radical (unpaired) electrons. The Hall–Kier alpha value is -4.41. The second-order valence-corrected chi connectivity index (χ2v) is 10.6. The van der Waals surface area contributed by atoms with Gasteiger partial charge in [-0.15, -0.1) is 0 Å². The Morgan fingerprint density at radius 3 is 2.46 bits per heavy atom. The third kappa shape index (κ3) is 4.89. The first kappa shape index (κ1) is 26.8. The molecule has 3 heterocycles. The fourth-order valence-corrected chi connectivity index (χ4v) is 5.28. The number of ether oxygens (including phenoxy) is 1. The summed E-state index contributed by atoms with van der Waals surface area (Å²) in [5.74, 6) is 0.192. The lowest BCUT2D eigenvalue weighted by Gasteiger charge is -2.28. The van der Waals surface area contributed by atoms with Crippen molar-refractivity contribution in [3.8, 4) is 23.0 Å². The highest BCUT2D eigenvalue weighted by Crippen LogP contribution is 2.31. The number of benzene rings is 3. The topological polar surface area (TPSA) is 99.6 Å². The molecule has 0 saturated carbocycles. The van der Waals surface area contributed by atoms with Crippen molar-refractivity contribution in [2.75, 3.05) is 13.7 Å². The lowest BCUT2D eigenvalue weighted by Crippen LogP contribution is -2.40. The average Bonchev–Trinajstić information content (AvgIpc) is 3.60. The number of ketones is 1. The highest BCUT2D eigenvalue weighted by Gasteiger charge is 2.32. The van der Waals surface area contributed by atoms with Gasteiger partial charge in [0.25, 0.3) is 5.91 Å². The van der Waals surface area contributed by atoms with E-state index in [4.69, 9.17) is 20.8 Å². The van der Waals surface area contributed by atoms with Crippen LogP contribution in [0.15, 0.2) is 92.7 Å². The molecular formula is C30H22BrClN4O5. The lowest BCUT2D eigenvalue weighted by atomic mass is 10.1. The van der Waals surface area contributed by atoms with Crippen LogP contribution in [0, 0.1) is 0 Å². The third-order valence-corrected chi connectivity index (χ3v) is 8.16. The Kier molecular flexibility index (Phi) is 7.10. The molecular weight excluding hydrogens is 612 g/mol. The van der Waals surface area contributed by atoms with Gasteiger partial charge in [0.1, 0.15) is 11.4 Å². The summed E-state index contributed by atoms with van der Waals surface area (Å²) in [5.41, 5.74) is 2.02. The van der Waals surface area contributed by atoms with E-state index in [1.165, 1.54) is 10.8 Å². The fraction of sp³-hybridized carbons (Fsp3) is 0.133. The minimum absolute atomic E-state index is 0.0353. The molecule has 41 heavy (non-hydrogen) atoms. The Bertz CT molecular complexity index is 1840. The maximum atomic E-state index is 13.8. The summed E-state index contributed by atoms with van der Waals surface area (Å²) in [7, 11) is 1.56. The zero-order chi connectivity index (χ0) is 28.7. The summed E-state index contributed by atoms with van der Waals surface area (Å²) in [4.78, 5) is 46.4. The van der Waals surface area contributed by atoms with E-state index in [0.29, 0.717) is 50.0 Å². The van der Waals surface area contributed by atoms with Crippen molar-refractivity contribution in [2.24, 2.45) is 0 Å². The standard InChI is InChI=1S/C30H22BrClN4O5/c1-40-21-10-8-20(9-11-21)36-26(28-33-16-25(41-28)27(37)18-5-3-2-4-6-18)24-17-34(13-14-35(24)30(36)39)29(38)19-7-12-22(31)23(32)15-19/h2-12,15-16H,13-14,17H2,1H3. The van der Waals surface area contributed by atoms with Gasteiger partial charge in [-0.05, 0) is 58.4 Å². The highest BCUT2D eigenvalue weighted by atomic mass is 79.9. The molecule has 1 aliphatic rings. The first-order valence-corrected chi connectivity index (χ1v) is 13.8. The first-order chi connectivity index (χ1) is 19.9. The average molecular weight is 634 g/mol. The fourth-order valence-electron chi connectivity index (χ4n) is 4.86. The van der Waals surface area contributed by atoms with E-state index in [9.17, 15) is 14.4 Å². The molecule has 0 saturated heterocycles. The van der Waals surface area contributed by atoms with Crippen molar-refractivity contribution in [3.05, 3.63) is 122 Å². The summed E-state index contributed by atoms with van der Waals surface area (Å²) in [6.07, 6.45) is 1.35. The van der Waals surface area contributed by atoms with Gasteiger partial charge in [-0.25, -0.2) is 9.78 Å². The number of amides is 1. The molecule has 0 atom stereocenters. The van der Waals surface area contributed by atoms with Crippen LogP contribution in [0.1, 0.15) is 32.2 Å². The number of fused-ring (bicyclic) bond motifs is 1. The molecule has 5 aromatic rings. The largest absolute Gasteiger partial charge is 0.497 e. The monoisotopic (exact) mass is 632 g/mol. The van der Waals surface area contributed by atoms with Crippen LogP contribution in [0.5, 0.6) is 5.75 Å². The van der Waals surface area contributed by atoms with Crippen LogP contribution in [-0.4, -0.2) is 44.4 Å². The van der Waals surface area contributed by atoms with Crippen LogP contribution >= 0.6 is 27.5 Å². The van der Waals surface area contributed by atoms with E-state index in [1.54, 1.807) is 83.3 Å². The van der Waals surface area contributed by atoms with Gasteiger partial charge < -0.3 is 14.1 Å². The molecule has 9 nitrogen and oxygen atoms in total. The first-order valence-electron chi connectivity index (χ1n) is 12.6. The second-order valence-electron chi connectivity index (χ2n) is 9.34. The van der Waals surface area contributed by atoms with Gasteiger partial charge >= 0.3 is 5.69 Å². The molecule has 0 aliphatic carbocycles. The predicted molar refractivity (Wildman–Crippen MR) is 156 cm³/mol. The van der Waals surface area contributed by atoms with Crippen LogP contribution < -0.4 is 10.4 Å². The van der Waals surface area contributed by atoms with Crippen molar-refractivity contribution in [3.63, 3.8) is 0 Å². The van der Waals surface area contributed by atoms with Crippen LogP contribution in [-0.2, 0) is 13.1 Å². The maximum Gasteiger partial charge on any atom is 0.333 e. The van der Waals surface area contributed by atoms with Crippen LogP contribution in [0.2, 0.25) is 5.02 Å². The Morgan fingerprint density at radius 2 is 1.76 bits per heavy atom. The van der Waals surface area contributed by atoms with Gasteiger partial charge in [0.15, 0.2) is 5.76 Å². The van der Waals surface area contributed by atoms with E-state index in [1.807, 2.05) is 6.07 Å². The van der Waals surface area contributed by atoms with Crippen molar-refractivity contribution < 1.29 is 18.7 Å². The number of nitrogens with zero attached hydrogens (tertiary/aromatic N) is 4. The number of carbonyl (C=O) groups is 2. The minimum atomic E-state index is -0.334. The summed E-state index contributed by atoms with van der Waals surface area (Å²) >= 11 is 9.60. The number of carbonyl (C=O) groups excluding carboxylic acids is 2.